The van der Waals surface area contributed by atoms with Crippen molar-refractivity contribution in [2.45, 2.75) is 4.90 Å². The Morgan fingerprint density at radius 3 is 2.26 bits per heavy atom. The van der Waals surface area contributed by atoms with Crippen molar-refractivity contribution in [2.75, 3.05) is 18.9 Å². The molecule has 7 nitrogen and oxygen atoms in total. The van der Waals surface area contributed by atoms with Crippen molar-refractivity contribution in [3.8, 4) is 11.5 Å². The fourth-order valence-electron chi connectivity index (χ4n) is 1.82. The first kappa shape index (κ1) is 16.6. The molecule has 2 rings (SSSR count). The van der Waals surface area contributed by atoms with Crippen molar-refractivity contribution in [1.29, 1.82) is 0 Å². The molecule has 0 aliphatic rings. The maximum Gasteiger partial charge on any atom is 0.337 e. The van der Waals surface area contributed by atoms with Crippen molar-refractivity contribution in [3.05, 3.63) is 48.0 Å². The highest BCUT2D eigenvalue weighted by Crippen LogP contribution is 2.27. The monoisotopic (exact) mass is 337 g/mol. The molecule has 0 aliphatic heterocycles. The first-order valence-corrected chi connectivity index (χ1v) is 7.94. The molecule has 0 bridgehead atoms. The summed E-state index contributed by atoms with van der Waals surface area (Å²) in [6, 6.07) is 9.52. The third-order valence-corrected chi connectivity index (χ3v) is 4.41. The number of benzene rings is 2. The Morgan fingerprint density at radius 2 is 1.74 bits per heavy atom. The second-order valence-corrected chi connectivity index (χ2v) is 6.19. The van der Waals surface area contributed by atoms with Gasteiger partial charge in [-0.1, -0.05) is 0 Å². The van der Waals surface area contributed by atoms with Gasteiger partial charge in [-0.15, -0.1) is 0 Å². The van der Waals surface area contributed by atoms with Crippen molar-refractivity contribution >= 4 is 21.7 Å². The third kappa shape index (κ3) is 3.72. The predicted molar refractivity (Wildman–Crippen MR) is 83.2 cm³/mol. The SMILES string of the molecule is COC(=O)c1ccc(NS(=O)(=O)c2ccc(OC)cc2)c(O)c1. The molecule has 0 fully saturated rings. The maximum absolute atomic E-state index is 12.3. The second kappa shape index (κ2) is 6.57. The standard InChI is InChI=1S/C15H15NO6S/c1-21-11-4-6-12(7-5-11)23(19,20)16-13-8-3-10(9-14(13)17)15(18)22-2/h3-9,16-17H,1-2H3. The number of methoxy groups -OCH3 is 2. The molecule has 2 aromatic carbocycles. The number of anilines is 1. The van der Waals surface area contributed by atoms with E-state index in [4.69, 9.17) is 4.74 Å². The van der Waals surface area contributed by atoms with Gasteiger partial charge in [0, 0.05) is 0 Å². The second-order valence-electron chi connectivity index (χ2n) is 4.50. The van der Waals surface area contributed by atoms with E-state index in [2.05, 4.69) is 9.46 Å². The molecule has 8 heteroatoms. The average Bonchev–Trinajstić information content (AvgIpc) is 2.55. The number of carbonyl (C=O) groups is 1. The summed E-state index contributed by atoms with van der Waals surface area (Å²) in [5.41, 5.74) is 0.0610. The van der Waals surface area contributed by atoms with Gasteiger partial charge in [-0.25, -0.2) is 13.2 Å². The molecule has 0 amide bonds. The number of nitrogens with one attached hydrogen (secondary N) is 1. The molecular weight excluding hydrogens is 322 g/mol. The number of aromatic hydroxyl groups is 1. The van der Waals surface area contributed by atoms with Gasteiger partial charge in [0.2, 0.25) is 0 Å². The summed E-state index contributed by atoms with van der Waals surface area (Å²) in [4.78, 5) is 11.4. The Balaban J connectivity index is 2.27. The van der Waals surface area contributed by atoms with Crippen LogP contribution >= 0.6 is 0 Å². The van der Waals surface area contributed by atoms with Crippen molar-refractivity contribution in [1.82, 2.24) is 0 Å². The fraction of sp³-hybridized carbons (Fsp3) is 0.133. The number of ether oxygens (including phenoxy) is 2. The summed E-state index contributed by atoms with van der Waals surface area (Å²) >= 11 is 0. The molecule has 0 aliphatic carbocycles. The third-order valence-electron chi connectivity index (χ3n) is 3.03. The quantitative estimate of drug-likeness (QED) is 0.639. The summed E-state index contributed by atoms with van der Waals surface area (Å²) in [6.07, 6.45) is 0. The smallest absolute Gasteiger partial charge is 0.337 e. The van der Waals surface area contributed by atoms with Crippen LogP contribution in [0.4, 0.5) is 5.69 Å². The Hall–Kier alpha value is -2.74. The number of phenolic OH excluding ortho intramolecular Hbond substituents is 1. The first-order valence-electron chi connectivity index (χ1n) is 6.45. The van der Waals surface area contributed by atoms with E-state index in [1.54, 1.807) is 0 Å². The highest BCUT2D eigenvalue weighted by molar-refractivity contribution is 7.92. The van der Waals surface area contributed by atoms with Crippen LogP contribution < -0.4 is 9.46 Å². The van der Waals surface area contributed by atoms with Crippen LogP contribution in [0.25, 0.3) is 0 Å². The molecule has 0 atom stereocenters. The molecule has 2 N–H and O–H groups in total. The van der Waals surface area contributed by atoms with Crippen LogP contribution in [0.5, 0.6) is 11.5 Å². The van der Waals surface area contributed by atoms with Crippen molar-refractivity contribution < 1.29 is 27.8 Å². The van der Waals surface area contributed by atoms with Gasteiger partial charge in [0.1, 0.15) is 11.5 Å². The number of sulfonamides is 1. The lowest BCUT2D eigenvalue weighted by atomic mass is 10.2. The minimum Gasteiger partial charge on any atom is -0.506 e. The van der Waals surface area contributed by atoms with Crippen LogP contribution in [-0.2, 0) is 14.8 Å². The Kier molecular flexibility index (Phi) is 4.75. The van der Waals surface area contributed by atoms with E-state index in [0.29, 0.717) is 5.75 Å². The molecule has 0 saturated carbocycles. The number of esters is 1. The molecule has 122 valence electrons. The molecule has 0 spiro atoms. The van der Waals surface area contributed by atoms with Gasteiger partial charge >= 0.3 is 5.97 Å². The topological polar surface area (TPSA) is 102 Å². The lowest BCUT2D eigenvalue weighted by Crippen LogP contribution is -2.13. The summed E-state index contributed by atoms with van der Waals surface area (Å²) in [5.74, 6) is -0.496. The summed E-state index contributed by atoms with van der Waals surface area (Å²) in [7, 11) is -1.20. The van der Waals surface area contributed by atoms with Crippen LogP contribution in [0.2, 0.25) is 0 Å². The minimum absolute atomic E-state index is 0.00902. The number of phenols is 1. The Labute approximate surface area is 133 Å². The summed E-state index contributed by atoms with van der Waals surface area (Å²) < 4.78 is 36.3. The lowest BCUT2D eigenvalue weighted by Gasteiger charge is -2.11. The van der Waals surface area contributed by atoms with Gasteiger partial charge in [0.25, 0.3) is 10.0 Å². The molecule has 23 heavy (non-hydrogen) atoms. The van der Waals surface area contributed by atoms with Gasteiger partial charge in [-0.2, -0.15) is 0 Å². The van der Waals surface area contributed by atoms with Gasteiger partial charge in [-0.3, -0.25) is 4.72 Å². The number of rotatable bonds is 5. The Bertz CT molecular complexity index is 814. The average molecular weight is 337 g/mol. The highest BCUT2D eigenvalue weighted by atomic mass is 32.2. The van der Waals surface area contributed by atoms with E-state index >= 15 is 0 Å². The largest absolute Gasteiger partial charge is 0.506 e. The van der Waals surface area contributed by atoms with Crippen molar-refractivity contribution in [3.63, 3.8) is 0 Å². The van der Waals surface area contributed by atoms with Crippen LogP contribution in [0.15, 0.2) is 47.4 Å². The van der Waals surface area contributed by atoms with Crippen LogP contribution in [0.1, 0.15) is 10.4 Å². The molecule has 0 saturated heterocycles. The number of hydrogen-bond donors (Lipinski definition) is 2. The van der Waals surface area contributed by atoms with Gasteiger partial charge in [-0.05, 0) is 42.5 Å². The summed E-state index contributed by atoms with van der Waals surface area (Å²) in [5, 5.41) is 9.87. The van der Waals surface area contributed by atoms with E-state index in [1.807, 2.05) is 0 Å². The number of carbonyl (C=O) groups excluding carboxylic acids is 1. The minimum atomic E-state index is -3.88. The van der Waals surface area contributed by atoms with E-state index < -0.39 is 16.0 Å². The number of hydrogen-bond acceptors (Lipinski definition) is 6. The zero-order valence-corrected chi connectivity index (χ0v) is 13.3. The maximum atomic E-state index is 12.3. The highest BCUT2D eigenvalue weighted by Gasteiger charge is 2.17. The molecule has 2 aromatic rings. The molecule has 0 heterocycles. The zero-order valence-electron chi connectivity index (χ0n) is 12.4. The van der Waals surface area contributed by atoms with Crippen LogP contribution in [0.3, 0.4) is 0 Å². The zero-order chi connectivity index (χ0) is 17.0. The molecule has 0 unspecified atom stereocenters. The van der Waals surface area contributed by atoms with Crippen LogP contribution in [-0.4, -0.2) is 33.7 Å². The van der Waals surface area contributed by atoms with E-state index in [9.17, 15) is 18.3 Å². The fourth-order valence-corrected chi connectivity index (χ4v) is 2.90. The van der Waals surface area contributed by atoms with Gasteiger partial charge in [0.15, 0.2) is 0 Å². The summed E-state index contributed by atoms with van der Waals surface area (Å²) in [6.45, 7) is 0. The normalized spacial score (nSPS) is 10.9. The van der Waals surface area contributed by atoms with E-state index in [-0.39, 0.29) is 21.9 Å². The van der Waals surface area contributed by atoms with E-state index in [1.165, 1.54) is 50.6 Å². The molecule has 0 aromatic heterocycles. The molecule has 0 radical (unpaired) electrons. The predicted octanol–water partition coefficient (Wildman–Crippen LogP) is 1.99. The molecular formula is C15H15NO6S. The Morgan fingerprint density at radius 1 is 1.09 bits per heavy atom. The lowest BCUT2D eigenvalue weighted by molar-refractivity contribution is 0.0600. The van der Waals surface area contributed by atoms with Gasteiger partial charge in [0.05, 0.1) is 30.4 Å². The first-order chi connectivity index (χ1) is 10.9. The van der Waals surface area contributed by atoms with E-state index in [0.717, 1.165) is 6.07 Å². The van der Waals surface area contributed by atoms with Crippen LogP contribution in [0, 0.1) is 0 Å². The van der Waals surface area contributed by atoms with Crippen molar-refractivity contribution in [2.24, 2.45) is 0 Å². The van der Waals surface area contributed by atoms with Gasteiger partial charge < -0.3 is 14.6 Å².